The molecule has 18 heavy (non-hydrogen) atoms. The molecule has 0 aromatic carbocycles. The maximum absolute atomic E-state index is 12.2. The number of hydrogen-bond donors (Lipinski definition) is 1. The highest BCUT2D eigenvalue weighted by Crippen LogP contribution is 2.29. The van der Waals surface area contributed by atoms with Crippen LogP contribution in [0.5, 0.6) is 0 Å². The van der Waals surface area contributed by atoms with Gasteiger partial charge in [0.2, 0.25) is 0 Å². The normalized spacial score (nSPS) is 29.4. The van der Waals surface area contributed by atoms with Crippen molar-refractivity contribution in [3.8, 4) is 0 Å². The highest BCUT2D eigenvalue weighted by molar-refractivity contribution is 5.69. The van der Waals surface area contributed by atoms with E-state index >= 15 is 0 Å². The van der Waals surface area contributed by atoms with Crippen molar-refractivity contribution in [2.45, 2.75) is 58.1 Å². The number of ether oxygens (including phenoxy) is 1. The number of carbonyl (C=O) groups is 1. The lowest BCUT2D eigenvalue weighted by molar-refractivity contribution is 0.0164. The van der Waals surface area contributed by atoms with Gasteiger partial charge in [-0.15, -0.1) is 0 Å². The van der Waals surface area contributed by atoms with Gasteiger partial charge in [0, 0.05) is 12.6 Å². The minimum Gasteiger partial charge on any atom is -0.444 e. The Kier molecular flexibility index (Phi) is 4.15. The lowest BCUT2D eigenvalue weighted by atomic mass is 9.90. The number of carbonyl (C=O) groups excluding carboxylic acids is 1. The summed E-state index contributed by atoms with van der Waals surface area (Å²) in [5, 5.41) is 3.44. The highest BCUT2D eigenvalue weighted by Gasteiger charge is 2.37. The molecule has 2 aliphatic heterocycles. The van der Waals surface area contributed by atoms with E-state index in [0.29, 0.717) is 12.0 Å². The predicted octanol–water partition coefficient (Wildman–Crippen LogP) is 2.39. The lowest BCUT2D eigenvalue weighted by Gasteiger charge is -2.35. The Bertz CT molecular complexity index is 293. The van der Waals surface area contributed by atoms with E-state index in [1.54, 1.807) is 0 Å². The van der Waals surface area contributed by atoms with E-state index in [-0.39, 0.29) is 6.09 Å². The molecule has 1 N–H and O–H groups in total. The molecule has 0 spiro atoms. The van der Waals surface area contributed by atoms with Crippen molar-refractivity contribution in [2.75, 3.05) is 19.6 Å². The van der Waals surface area contributed by atoms with Gasteiger partial charge in [0.15, 0.2) is 0 Å². The van der Waals surface area contributed by atoms with Gasteiger partial charge in [0.05, 0.1) is 0 Å². The van der Waals surface area contributed by atoms with Crippen molar-refractivity contribution >= 4 is 6.09 Å². The number of hydrogen-bond acceptors (Lipinski definition) is 3. The van der Waals surface area contributed by atoms with E-state index < -0.39 is 5.60 Å². The van der Waals surface area contributed by atoms with E-state index in [2.05, 4.69) is 5.32 Å². The molecule has 0 unspecified atom stereocenters. The zero-order valence-electron chi connectivity index (χ0n) is 11.9. The van der Waals surface area contributed by atoms with Crippen LogP contribution in [0.25, 0.3) is 0 Å². The fourth-order valence-electron chi connectivity index (χ4n) is 3.04. The summed E-state index contributed by atoms with van der Waals surface area (Å²) >= 11 is 0. The van der Waals surface area contributed by atoms with Gasteiger partial charge in [0.25, 0.3) is 0 Å². The molecule has 2 aliphatic rings. The SMILES string of the molecule is CC(C)(C)OC(=O)N1CCC[C@H]1[C@H]1CCCNC1. The average Bonchev–Trinajstić information content (AvgIpc) is 2.76. The molecule has 4 heteroatoms. The van der Waals surface area contributed by atoms with Gasteiger partial charge >= 0.3 is 6.09 Å². The van der Waals surface area contributed by atoms with Gasteiger partial charge in [-0.25, -0.2) is 4.79 Å². The van der Waals surface area contributed by atoms with Crippen LogP contribution in [0.1, 0.15) is 46.5 Å². The Balaban J connectivity index is 1.96. The first-order chi connectivity index (χ1) is 8.47. The number of rotatable bonds is 1. The van der Waals surface area contributed by atoms with Gasteiger partial charge in [-0.3, -0.25) is 0 Å². The molecule has 2 saturated heterocycles. The topological polar surface area (TPSA) is 41.6 Å². The molecule has 0 bridgehead atoms. The van der Waals surface area contributed by atoms with Crippen LogP contribution in [0.2, 0.25) is 0 Å². The second-order valence-electron chi connectivity index (χ2n) is 6.49. The molecule has 0 aromatic heterocycles. The van der Waals surface area contributed by atoms with Crippen LogP contribution in [-0.4, -0.2) is 42.3 Å². The summed E-state index contributed by atoms with van der Waals surface area (Å²) in [4.78, 5) is 14.2. The third-order valence-electron chi connectivity index (χ3n) is 3.81. The summed E-state index contributed by atoms with van der Waals surface area (Å²) < 4.78 is 5.51. The Morgan fingerprint density at radius 2 is 2.06 bits per heavy atom. The molecule has 104 valence electrons. The van der Waals surface area contributed by atoms with Crippen LogP contribution in [0.15, 0.2) is 0 Å². The molecule has 2 rings (SSSR count). The fourth-order valence-corrected chi connectivity index (χ4v) is 3.04. The number of piperidine rings is 1. The van der Waals surface area contributed by atoms with E-state index in [1.165, 1.54) is 12.8 Å². The molecule has 0 saturated carbocycles. The minimum atomic E-state index is -0.394. The number of likely N-dealkylation sites (tertiary alicyclic amines) is 1. The van der Waals surface area contributed by atoms with E-state index in [0.717, 1.165) is 32.5 Å². The maximum atomic E-state index is 12.2. The molecule has 0 radical (unpaired) electrons. The van der Waals surface area contributed by atoms with Crippen molar-refractivity contribution in [3.05, 3.63) is 0 Å². The van der Waals surface area contributed by atoms with Gasteiger partial charge < -0.3 is 15.0 Å². The Morgan fingerprint density at radius 3 is 2.67 bits per heavy atom. The molecular formula is C14H26N2O2. The first-order valence-corrected chi connectivity index (χ1v) is 7.18. The second kappa shape index (κ2) is 5.47. The van der Waals surface area contributed by atoms with E-state index in [1.807, 2.05) is 25.7 Å². The van der Waals surface area contributed by atoms with Crippen LogP contribution in [0.4, 0.5) is 4.79 Å². The predicted molar refractivity (Wildman–Crippen MR) is 71.6 cm³/mol. The van der Waals surface area contributed by atoms with Gasteiger partial charge in [-0.05, 0) is 65.5 Å². The monoisotopic (exact) mass is 254 g/mol. The smallest absolute Gasteiger partial charge is 0.410 e. The molecule has 1 amide bonds. The minimum absolute atomic E-state index is 0.129. The van der Waals surface area contributed by atoms with Crippen LogP contribution < -0.4 is 5.32 Å². The fraction of sp³-hybridized carbons (Fsp3) is 0.929. The van der Waals surface area contributed by atoms with Crippen LogP contribution in [0, 0.1) is 5.92 Å². The quantitative estimate of drug-likeness (QED) is 0.781. The molecule has 2 fully saturated rings. The van der Waals surface area contributed by atoms with E-state index in [4.69, 9.17) is 4.74 Å². The van der Waals surface area contributed by atoms with Gasteiger partial charge in [0.1, 0.15) is 5.60 Å². The first kappa shape index (κ1) is 13.7. The second-order valence-corrected chi connectivity index (χ2v) is 6.49. The van der Waals surface area contributed by atoms with Crippen molar-refractivity contribution < 1.29 is 9.53 Å². The van der Waals surface area contributed by atoms with Crippen molar-refractivity contribution in [3.63, 3.8) is 0 Å². The summed E-state index contributed by atoms with van der Waals surface area (Å²) in [6.07, 6.45) is 4.57. The van der Waals surface area contributed by atoms with Gasteiger partial charge in [-0.1, -0.05) is 0 Å². The molecule has 0 aliphatic carbocycles. The van der Waals surface area contributed by atoms with Crippen LogP contribution >= 0.6 is 0 Å². The maximum Gasteiger partial charge on any atom is 0.410 e. The van der Waals surface area contributed by atoms with Crippen molar-refractivity contribution in [1.82, 2.24) is 10.2 Å². The van der Waals surface area contributed by atoms with Crippen molar-refractivity contribution in [2.24, 2.45) is 5.92 Å². The summed E-state index contributed by atoms with van der Waals surface area (Å²) in [6, 6.07) is 0.382. The summed E-state index contributed by atoms with van der Waals surface area (Å²) in [7, 11) is 0. The van der Waals surface area contributed by atoms with Crippen LogP contribution in [0.3, 0.4) is 0 Å². The first-order valence-electron chi connectivity index (χ1n) is 7.18. The Hall–Kier alpha value is -0.770. The molecule has 2 heterocycles. The van der Waals surface area contributed by atoms with Crippen LogP contribution in [-0.2, 0) is 4.74 Å². The Morgan fingerprint density at radius 1 is 1.28 bits per heavy atom. The molecule has 0 aromatic rings. The van der Waals surface area contributed by atoms with Gasteiger partial charge in [-0.2, -0.15) is 0 Å². The zero-order valence-corrected chi connectivity index (χ0v) is 11.9. The summed E-state index contributed by atoms with van der Waals surface area (Å²) in [5.41, 5.74) is -0.394. The number of nitrogens with one attached hydrogen (secondary N) is 1. The third kappa shape index (κ3) is 3.37. The summed E-state index contributed by atoms with van der Waals surface area (Å²) in [5.74, 6) is 0.605. The summed E-state index contributed by atoms with van der Waals surface area (Å²) in [6.45, 7) is 8.81. The number of nitrogens with zero attached hydrogens (tertiary/aromatic N) is 1. The standard InChI is InChI=1S/C14H26N2O2/c1-14(2,3)18-13(17)16-9-5-7-12(16)11-6-4-8-15-10-11/h11-12,15H,4-10H2,1-3H3/t11-,12-/m0/s1. The third-order valence-corrected chi connectivity index (χ3v) is 3.81. The average molecular weight is 254 g/mol. The molecular weight excluding hydrogens is 228 g/mol. The number of amides is 1. The lowest BCUT2D eigenvalue weighted by Crippen LogP contribution is -2.47. The van der Waals surface area contributed by atoms with Crippen molar-refractivity contribution in [1.29, 1.82) is 0 Å². The Labute approximate surface area is 110 Å². The zero-order chi connectivity index (χ0) is 13.2. The molecule has 4 nitrogen and oxygen atoms in total. The van der Waals surface area contributed by atoms with E-state index in [9.17, 15) is 4.79 Å². The highest BCUT2D eigenvalue weighted by atomic mass is 16.6. The molecule has 2 atom stereocenters. The largest absolute Gasteiger partial charge is 0.444 e.